The molecule has 1 rings (SSSR count). The Hall–Kier alpha value is -0.120. The topological polar surface area (TPSA) is 27.3 Å². The van der Waals surface area contributed by atoms with Crippen molar-refractivity contribution in [2.24, 2.45) is 10.8 Å². The van der Waals surface area contributed by atoms with Crippen molar-refractivity contribution in [3.63, 3.8) is 0 Å². The van der Waals surface area contributed by atoms with Gasteiger partial charge in [0.15, 0.2) is 0 Å². The number of nitrogens with one attached hydrogen (secondary N) is 2. The van der Waals surface area contributed by atoms with E-state index in [1.54, 1.807) is 0 Å². The molecule has 0 aromatic heterocycles. The first-order valence-electron chi connectivity index (χ1n) is 6.97. The highest BCUT2D eigenvalue weighted by atomic mass is 15.2. The zero-order valence-electron chi connectivity index (χ0n) is 12.4. The first kappa shape index (κ1) is 14.9. The van der Waals surface area contributed by atoms with Crippen LogP contribution in [-0.4, -0.2) is 50.7 Å². The molecule has 0 aliphatic carbocycles. The zero-order valence-corrected chi connectivity index (χ0v) is 12.4. The molecule has 0 aromatic rings. The molecule has 1 aliphatic heterocycles. The lowest BCUT2D eigenvalue weighted by molar-refractivity contribution is 0.127. The van der Waals surface area contributed by atoms with Gasteiger partial charge in [0, 0.05) is 45.8 Å². The van der Waals surface area contributed by atoms with Crippen LogP contribution in [0.2, 0.25) is 0 Å². The van der Waals surface area contributed by atoms with Gasteiger partial charge in [-0.15, -0.1) is 0 Å². The van der Waals surface area contributed by atoms with E-state index in [1.807, 2.05) is 0 Å². The van der Waals surface area contributed by atoms with Crippen molar-refractivity contribution < 1.29 is 0 Å². The van der Waals surface area contributed by atoms with Crippen LogP contribution in [0.5, 0.6) is 0 Å². The Labute approximate surface area is 107 Å². The molecule has 0 bridgehead atoms. The molecule has 1 aliphatic rings. The normalized spacial score (nSPS) is 19.6. The molecule has 2 N–H and O–H groups in total. The summed E-state index contributed by atoms with van der Waals surface area (Å²) in [6.07, 6.45) is 0. The van der Waals surface area contributed by atoms with Gasteiger partial charge >= 0.3 is 0 Å². The summed E-state index contributed by atoms with van der Waals surface area (Å²) in [5, 5.41) is 7.00. The number of piperazine rings is 1. The molecule has 17 heavy (non-hydrogen) atoms. The summed E-state index contributed by atoms with van der Waals surface area (Å²) in [7, 11) is 0. The van der Waals surface area contributed by atoms with Crippen LogP contribution in [0.15, 0.2) is 0 Å². The third-order valence-electron chi connectivity index (χ3n) is 4.41. The van der Waals surface area contributed by atoms with E-state index in [4.69, 9.17) is 0 Å². The fraction of sp³-hybridized carbons (Fsp3) is 1.00. The first-order chi connectivity index (χ1) is 7.83. The van der Waals surface area contributed by atoms with Crippen LogP contribution < -0.4 is 10.6 Å². The Morgan fingerprint density at radius 2 is 1.65 bits per heavy atom. The number of hydrogen-bond acceptors (Lipinski definition) is 3. The number of rotatable bonds is 5. The molecule has 0 aromatic carbocycles. The van der Waals surface area contributed by atoms with Crippen molar-refractivity contribution in [2.45, 2.75) is 34.6 Å². The van der Waals surface area contributed by atoms with E-state index in [9.17, 15) is 0 Å². The van der Waals surface area contributed by atoms with E-state index in [2.05, 4.69) is 50.2 Å². The molecule has 0 saturated carbocycles. The van der Waals surface area contributed by atoms with Crippen molar-refractivity contribution in [3.8, 4) is 0 Å². The minimum absolute atomic E-state index is 0.344. The number of nitrogens with zero attached hydrogens (tertiary/aromatic N) is 1. The molecular formula is C14H31N3. The second-order valence-corrected chi connectivity index (χ2v) is 6.90. The monoisotopic (exact) mass is 241 g/mol. The van der Waals surface area contributed by atoms with Crippen LogP contribution >= 0.6 is 0 Å². The van der Waals surface area contributed by atoms with E-state index < -0.39 is 0 Å². The minimum Gasteiger partial charge on any atom is -0.315 e. The third-order valence-corrected chi connectivity index (χ3v) is 4.41. The molecule has 0 amide bonds. The van der Waals surface area contributed by atoms with Gasteiger partial charge in [0.1, 0.15) is 0 Å². The summed E-state index contributed by atoms with van der Waals surface area (Å²) < 4.78 is 0. The molecule has 1 fully saturated rings. The Morgan fingerprint density at radius 3 is 2.18 bits per heavy atom. The molecular weight excluding hydrogens is 210 g/mol. The van der Waals surface area contributed by atoms with Crippen LogP contribution in [0.3, 0.4) is 0 Å². The molecule has 1 saturated heterocycles. The molecule has 3 heteroatoms. The summed E-state index contributed by atoms with van der Waals surface area (Å²) in [6.45, 7) is 19.8. The number of hydrogen-bond donors (Lipinski definition) is 2. The van der Waals surface area contributed by atoms with E-state index in [0.717, 1.165) is 26.2 Å². The average molecular weight is 241 g/mol. The lowest BCUT2D eigenvalue weighted by atomic mass is 9.69. The molecule has 0 radical (unpaired) electrons. The van der Waals surface area contributed by atoms with Crippen LogP contribution in [0.1, 0.15) is 34.6 Å². The lowest BCUT2D eigenvalue weighted by Crippen LogP contribution is -2.47. The summed E-state index contributed by atoms with van der Waals surface area (Å²) in [6, 6.07) is 0. The first-order valence-corrected chi connectivity index (χ1v) is 6.97. The van der Waals surface area contributed by atoms with Gasteiger partial charge in [-0.3, -0.25) is 4.90 Å². The average Bonchev–Trinajstić information content (AvgIpc) is 2.24. The Kier molecular flexibility index (Phi) is 5.42. The molecule has 1 heterocycles. The van der Waals surface area contributed by atoms with E-state index in [1.165, 1.54) is 19.6 Å². The maximum absolute atomic E-state index is 3.62. The van der Waals surface area contributed by atoms with Gasteiger partial charge < -0.3 is 10.6 Å². The Morgan fingerprint density at radius 1 is 1.06 bits per heavy atom. The van der Waals surface area contributed by atoms with Gasteiger partial charge in [0.25, 0.3) is 0 Å². The Balaban J connectivity index is 2.15. The second-order valence-electron chi connectivity index (χ2n) is 6.90. The fourth-order valence-electron chi connectivity index (χ4n) is 1.84. The van der Waals surface area contributed by atoms with Crippen LogP contribution in [0.4, 0.5) is 0 Å². The van der Waals surface area contributed by atoms with E-state index >= 15 is 0 Å². The highest BCUT2D eigenvalue weighted by Gasteiger charge is 2.31. The van der Waals surface area contributed by atoms with Gasteiger partial charge in [-0.2, -0.15) is 0 Å². The highest BCUT2D eigenvalue weighted by Crippen LogP contribution is 2.36. The smallest absolute Gasteiger partial charge is 0.0108 e. The van der Waals surface area contributed by atoms with Gasteiger partial charge in [0.05, 0.1) is 0 Å². The Bertz CT molecular complexity index is 212. The lowest BCUT2D eigenvalue weighted by Gasteiger charge is -2.39. The van der Waals surface area contributed by atoms with Crippen LogP contribution in [0.25, 0.3) is 0 Å². The van der Waals surface area contributed by atoms with Crippen molar-refractivity contribution >= 4 is 0 Å². The molecule has 0 spiro atoms. The predicted octanol–water partition coefficient (Wildman–Crippen LogP) is 1.55. The van der Waals surface area contributed by atoms with Crippen molar-refractivity contribution in [1.29, 1.82) is 0 Å². The summed E-state index contributed by atoms with van der Waals surface area (Å²) in [5.74, 6) is 0. The summed E-state index contributed by atoms with van der Waals surface area (Å²) in [4.78, 5) is 2.54. The second kappa shape index (κ2) is 6.17. The molecule has 0 atom stereocenters. The zero-order chi connectivity index (χ0) is 12.9. The molecule has 0 unspecified atom stereocenters. The molecule has 3 nitrogen and oxygen atoms in total. The quantitative estimate of drug-likeness (QED) is 0.715. The minimum atomic E-state index is 0.344. The largest absolute Gasteiger partial charge is 0.315 e. The predicted molar refractivity (Wildman–Crippen MR) is 75.4 cm³/mol. The van der Waals surface area contributed by atoms with Crippen molar-refractivity contribution in [3.05, 3.63) is 0 Å². The maximum atomic E-state index is 3.62. The highest BCUT2D eigenvalue weighted by molar-refractivity contribution is 4.84. The third kappa shape index (κ3) is 4.94. The van der Waals surface area contributed by atoms with Crippen LogP contribution in [0, 0.1) is 10.8 Å². The SMILES string of the molecule is CC(C)(C)C(C)(C)CNCCN1CCNCC1. The van der Waals surface area contributed by atoms with Crippen molar-refractivity contribution in [1.82, 2.24) is 15.5 Å². The maximum Gasteiger partial charge on any atom is 0.0108 e. The van der Waals surface area contributed by atoms with Crippen LogP contribution in [-0.2, 0) is 0 Å². The fourth-order valence-corrected chi connectivity index (χ4v) is 1.84. The summed E-state index contributed by atoms with van der Waals surface area (Å²) in [5.41, 5.74) is 0.700. The van der Waals surface area contributed by atoms with Gasteiger partial charge in [-0.05, 0) is 10.8 Å². The summed E-state index contributed by atoms with van der Waals surface area (Å²) >= 11 is 0. The van der Waals surface area contributed by atoms with Gasteiger partial charge in [-0.25, -0.2) is 0 Å². The van der Waals surface area contributed by atoms with Gasteiger partial charge in [-0.1, -0.05) is 34.6 Å². The van der Waals surface area contributed by atoms with Gasteiger partial charge in [0.2, 0.25) is 0 Å². The standard InChI is InChI=1S/C14H31N3/c1-13(2,3)14(4,5)12-16-8-11-17-9-6-15-7-10-17/h15-16H,6-12H2,1-5H3. The van der Waals surface area contributed by atoms with E-state index in [0.29, 0.717) is 10.8 Å². The van der Waals surface area contributed by atoms with Crippen molar-refractivity contribution in [2.75, 3.05) is 45.8 Å². The molecule has 102 valence electrons. The van der Waals surface area contributed by atoms with E-state index in [-0.39, 0.29) is 0 Å².